The van der Waals surface area contributed by atoms with Gasteiger partial charge in [-0.1, -0.05) is 11.6 Å². The third kappa shape index (κ3) is 5.80. The maximum atomic E-state index is 14.2. The van der Waals surface area contributed by atoms with Crippen molar-refractivity contribution < 1.29 is 22.8 Å². The summed E-state index contributed by atoms with van der Waals surface area (Å²) in [6.07, 6.45) is -2.83. The van der Waals surface area contributed by atoms with Gasteiger partial charge in [-0.05, 0) is 89.0 Å². The topological polar surface area (TPSA) is 87.5 Å². The first-order valence-corrected chi connectivity index (χ1v) is 14.6. The summed E-state index contributed by atoms with van der Waals surface area (Å²) in [7, 11) is 1.55. The highest BCUT2D eigenvalue weighted by Crippen LogP contribution is 2.37. The molecule has 2 amide bonds. The molecule has 0 radical (unpaired) electrons. The lowest BCUT2D eigenvalue weighted by atomic mass is 9.97. The maximum Gasteiger partial charge on any atom is 0.417 e. The molecule has 3 heterocycles. The summed E-state index contributed by atoms with van der Waals surface area (Å²) < 4.78 is 42.1. The van der Waals surface area contributed by atoms with Crippen LogP contribution in [0.3, 0.4) is 0 Å². The quantitative estimate of drug-likeness (QED) is 0.416. The summed E-state index contributed by atoms with van der Waals surface area (Å²) >= 11 is 5.78. The molecule has 1 aromatic heterocycles. The molecule has 0 saturated carbocycles. The molecule has 1 saturated heterocycles. The molecule has 5 rings (SSSR count). The number of carbonyl (C=O) groups is 2. The zero-order chi connectivity index (χ0) is 31.2. The summed E-state index contributed by atoms with van der Waals surface area (Å²) in [4.78, 5) is 48.6. The number of hydrogen-bond donors (Lipinski definition) is 1. The van der Waals surface area contributed by atoms with Gasteiger partial charge in [-0.2, -0.15) is 13.2 Å². The Balaban J connectivity index is 1.59. The minimum absolute atomic E-state index is 0.0214. The maximum absolute atomic E-state index is 14.2. The summed E-state index contributed by atoms with van der Waals surface area (Å²) in [5.41, 5.74) is 0.445. The Morgan fingerprint density at radius 3 is 2.40 bits per heavy atom. The zero-order valence-electron chi connectivity index (χ0n) is 24.3. The second kappa shape index (κ2) is 11.8. The second-order valence-corrected chi connectivity index (χ2v) is 11.7. The first-order valence-electron chi connectivity index (χ1n) is 14.2. The van der Waals surface area contributed by atoms with Gasteiger partial charge in [0.1, 0.15) is 5.82 Å². The van der Waals surface area contributed by atoms with E-state index in [-0.39, 0.29) is 42.1 Å². The van der Waals surface area contributed by atoms with Crippen molar-refractivity contribution in [3.05, 3.63) is 91.6 Å². The lowest BCUT2D eigenvalue weighted by molar-refractivity contribution is -0.137. The predicted molar refractivity (Wildman–Crippen MR) is 157 cm³/mol. The number of carbonyl (C=O) groups excluding carboxylic acids is 2. The van der Waals surface area contributed by atoms with Crippen LogP contribution in [0.1, 0.15) is 83.0 Å². The molecule has 8 nitrogen and oxygen atoms in total. The van der Waals surface area contributed by atoms with Gasteiger partial charge < -0.3 is 10.2 Å². The zero-order valence-corrected chi connectivity index (χ0v) is 25.1. The van der Waals surface area contributed by atoms with Crippen LogP contribution in [0.25, 0.3) is 5.69 Å². The lowest BCUT2D eigenvalue weighted by Crippen LogP contribution is -2.47. The van der Waals surface area contributed by atoms with E-state index in [1.807, 2.05) is 0 Å². The van der Waals surface area contributed by atoms with Gasteiger partial charge in [0.15, 0.2) is 0 Å². The third-order valence-electron chi connectivity index (χ3n) is 8.29. The van der Waals surface area contributed by atoms with Gasteiger partial charge in [0, 0.05) is 35.8 Å². The predicted octanol–water partition coefficient (Wildman–Crippen LogP) is 5.40. The van der Waals surface area contributed by atoms with Gasteiger partial charge in [0.25, 0.3) is 17.4 Å². The fraction of sp³-hybridized carbons (Fsp3) is 0.419. The first-order chi connectivity index (χ1) is 20.3. The third-order valence-corrected chi connectivity index (χ3v) is 8.62. The number of nitrogens with one attached hydrogen (secondary N) is 1. The number of benzene rings is 2. The van der Waals surface area contributed by atoms with Gasteiger partial charge >= 0.3 is 6.18 Å². The van der Waals surface area contributed by atoms with Crippen molar-refractivity contribution in [1.29, 1.82) is 0 Å². The van der Waals surface area contributed by atoms with Gasteiger partial charge in [-0.25, -0.2) is 4.98 Å². The lowest BCUT2D eigenvalue weighted by Gasteiger charge is -2.36. The van der Waals surface area contributed by atoms with Crippen LogP contribution in [-0.2, 0) is 19.1 Å². The van der Waals surface area contributed by atoms with Crippen molar-refractivity contribution in [3.63, 3.8) is 0 Å². The summed E-state index contributed by atoms with van der Waals surface area (Å²) in [6, 6.07) is 9.43. The number of aromatic nitrogens is 2. The van der Waals surface area contributed by atoms with E-state index < -0.39 is 28.7 Å². The minimum atomic E-state index is -4.71. The monoisotopic (exact) mass is 615 g/mol. The summed E-state index contributed by atoms with van der Waals surface area (Å²) in [5.74, 6) is -0.302. The van der Waals surface area contributed by atoms with Crippen LogP contribution in [0.15, 0.2) is 47.3 Å². The van der Waals surface area contributed by atoms with Crippen LogP contribution in [0, 0.1) is 0 Å². The molecule has 0 spiro atoms. The SMILES string of the molecule is CNC(=O)c1ccc(-n2c(C3CCCN3C(C)C)nc3c(c2=O)CC(C)N(C(=O)c2ccc(Cl)c(C(F)(F)F)c2)C3)cc1. The number of nitrogens with zero attached hydrogens (tertiary/aromatic N) is 4. The summed E-state index contributed by atoms with van der Waals surface area (Å²) in [6.45, 7) is 6.74. The molecule has 2 aliphatic heterocycles. The highest BCUT2D eigenvalue weighted by atomic mass is 35.5. The number of rotatable bonds is 5. The Kier molecular flexibility index (Phi) is 8.41. The van der Waals surface area contributed by atoms with Gasteiger partial charge in [0.05, 0.1) is 34.6 Å². The van der Waals surface area contributed by atoms with Crippen molar-refractivity contribution >= 4 is 23.4 Å². The molecule has 0 bridgehead atoms. The number of hydrogen-bond acceptors (Lipinski definition) is 5. The first kappa shape index (κ1) is 30.7. The Hall–Kier alpha value is -3.70. The van der Waals surface area contributed by atoms with Gasteiger partial charge in [-0.3, -0.25) is 23.9 Å². The van der Waals surface area contributed by atoms with Crippen LogP contribution in [0.2, 0.25) is 5.02 Å². The smallest absolute Gasteiger partial charge is 0.355 e. The number of alkyl halides is 3. The van der Waals surface area contributed by atoms with E-state index >= 15 is 0 Å². The molecule has 43 heavy (non-hydrogen) atoms. The van der Waals surface area contributed by atoms with Crippen LogP contribution < -0.4 is 10.9 Å². The minimum Gasteiger partial charge on any atom is -0.355 e. The van der Waals surface area contributed by atoms with Crippen LogP contribution in [0.4, 0.5) is 13.2 Å². The standard InChI is InChI=1S/C31H33ClF3N5O3/c1-17(2)38-13-5-6-26(38)27-37-25-16-39(29(42)20-9-12-24(32)23(15-20)31(33,34)35)18(3)14-22(25)30(43)40(27)21-10-7-19(8-11-21)28(41)36-4/h7-12,15,17-18,26H,5-6,13-14,16H2,1-4H3,(H,36,41). The number of halogens is 4. The molecular weight excluding hydrogens is 583 g/mol. The van der Waals surface area contributed by atoms with Crippen molar-refractivity contribution in [1.82, 2.24) is 24.7 Å². The molecule has 2 unspecified atom stereocenters. The largest absolute Gasteiger partial charge is 0.417 e. The fourth-order valence-corrected chi connectivity index (χ4v) is 6.28. The molecule has 2 aromatic carbocycles. The van der Waals surface area contributed by atoms with E-state index in [2.05, 4.69) is 24.1 Å². The highest BCUT2D eigenvalue weighted by molar-refractivity contribution is 6.31. The average Bonchev–Trinajstić information content (AvgIpc) is 3.47. The molecule has 0 aliphatic carbocycles. The van der Waals surface area contributed by atoms with Gasteiger partial charge in [-0.15, -0.1) is 0 Å². The van der Waals surface area contributed by atoms with Crippen molar-refractivity contribution in [2.75, 3.05) is 13.6 Å². The Morgan fingerprint density at radius 1 is 1.09 bits per heavy atom. The van der Waals surface area contributed by atoms with Gasteiger partial charge in [0.2, 0.25) is 0 Å². The molecule has 2 atom stereocenters. The molecule has 2 aliphatic rings. The Morgan fingerprint density at radius 2 is 1.77 bits per heavy atom. The normalized spacial score (nSPS) is 19.0. The van der Waals surface area contributed by atoms with E-state index in [4.69, 9.17) is 16.6 Å². The highest BCUT2D eigenvalue weighted by Gasteiger charge is 2.38. The molecule has 3 aromatic rings. The van der Waals surface area contributed by atoms with Crippen molar-refractivity contribution in [2.24, 2.45) is 0 Å². The second-order valence-electron chi connectivity index (χ2n) is 11.3. The number of amides is 2. The van der Waals surface area contributed by atoms with E-state index in [1.54, 1.807) is 42.8 Å². The van der Waals surface area contributed by atoms with Crippen LogP contribution >= 0.6 is 11.6 Å². The van der Waals surface area contributed by atoms with E-state index in [1.165, 1.54) is 11.0 Å². The van der Waals surface area contributed by atoms with E-state index in [0.717, 1.165) is 31.5 Å². The molecule has 12 heteroatoms. The Labute approximate surface area is 252 Å². The van der Waals surface area contributed by atoms with Crippen molar-refractivity contribution in [3.8, 4) is 5.69 Å². The molecule has 1 N–H and O–H groups in total. The Bertz CT molecular complexity index is 1620. The number of fused-ring (bicyclic) bond motifs is 1. The van der Waals surface area contributed by atoms with Crippen LogP contribution in [0.5, 0.6) is 0 Å². The number of likely N-dealkylation sites (tertiary alicyclic amines) is 1. The molecular formula is C31H33ClF3N5O3. The molecule has 1 fully saturated rings. The fourth-order valence-electron chi connectivity index (χ4n) is 6.05. The van der Waals surface area contributed by atoms with E-state index in [0.29, 0.717) is 28.3 Å². The van der Waals surface area contributed by atoms with Crippen molar-refractivity contribution in [2.45, 2.75) is 70.9 Å². The van der Waals surface area contributed by atoms with Crippen LogP contribution in [-0.4, -0.2) is 56.8 Å². The summed E-state index contributed by atoms with van der Waals surface area (Å²) in [5, 5.41) is 2.11. The molecule has 228 valence electrons. The van der Waals surface area contributed by atoms with E-state index in [9.17, 15) is 27.6 Å². The average molecular weight is 616 g/mol.